The number of halogens is 1. The average molecular weight is 518 g/mol. The van der Waals surface area contributed by atoms with Gasteiger partial charge in [0, 0.05) is 11.4 Å². The van der Waals surface area contributed by atoms with E-state index in [1.165, 1.54) is 4.40 Å². The van der Waals surface area contributed by atoms with Crippen molar-refractivity contribution in [2.75, 3.05) is 18.5 Å². The molecule has 3 rings (SSSR count). The largest absolute Gasteiger partial charge is 0.462 e. The van der Waals surface area contributed by atoms with Gasteiger partial charge < -0.3 is 19.8 Å². The molecule has 0 aliphatic carbocycles. The highest BCUT2D eigenvalue weighted by atomic mass is 79.9. The molecule has 0 saturated carbocycles. The number of imidazole rings is 1. The van der Waals surface area contributed by atoms with E-state index in [1.54, 1.807) is 19.1 Å². The minimum atomic E-state index is -0.651. The Morgan fingerprint density at radius 1 is 0.970 bits per heavy atom. The predicted molar refractivity (Wildman–Crippen MR) is 129 cm³/mol. The number of aromatic nitrogens is 2. The van der Waals surface area contributed by atoms with Gasteiger partial charge in [-0.15, -0.1) is 0 Å². The maximum atomic E-state index is 13.1. The number of fused-ring (bicyclic) bond motifs is 1. The minimum Gasteiger partial charge on any atom is -0.462 e. The average Bonchev–Trinajstić information content (AvgIpc) is 3.27. The molecule has 9 heteroatoms. The van der Waals surface area contributed by atoms with Crippen LogP contribution in [0.4, 0.5) is 5.69 Å². The van der Waals surface area contributed by atoms with E-state index in [9.17, 15) is 14.4 Å². The normalized spacial score (nSPS) is 10.9. The van der Waals surface area contributed by atoms with E-state index in [-0.39, 0.29) is 34.6 Å². The number of carbonyl (C=O) groups excluding carboxylic acids is 3. The van der Waals surface area contributed by atoms with Gasteiger partial charge in [0.1, 0.15) is 27.1 Å². The summed E-state index contributed by atoms with van der Waals surface area (Å²) >= 11 is 3.43. The number of benzene rings is 1. The van der Waals surface area contributed by atoms with Gasteiger partial charge >= 0.3 is 11.9 Å². The van der Waals surface area contributed by atoms with Crippen LogP contribution < -0.4 is 5.32 Å². The lowest BCUT2D eigenvalue weighted by atomic mass is 10.2. The lowest BCUT2D eigenvalue weighted by molar-refractivity contribution is 0.0454. The third-order valence-electron chi connectivity index (χ3n) is 5.11. The highest BCUT2D eigenvalue weighted by molar-refractivity contribution is 9.10. The highest BCUT2D eigenvalue weighted by Crippen LogP contribution is 2.32. The van der Waals surface area contributed by atoms with E-state index in [1.807, 2.05) is 32.0 Å². The number of H-pyrrole nitrogens is 1. The van der Waals surface area contributed by atoms with Crippen LogP contribution in [0.2, 0.25) is 0 Å². The van der Waals surface area contributed by atoms with Gasteiger partial charge in [0.25, 0.3) is 5.91 Å². The molecule has 2 aromatic heterocycles. The summed E-state index contributed by atoms with van der Waals surface area (Å²) in [6.45, 7) is 6.17. The summed E-state index contributed by atoms with van der Waals surface area (Å²) in [7, 11) is 0. The minimum absolute atomic E-state index is 0.0348. The number of anilines is 1. The van der Waals surface area contributed by atoms with Crippen molar-refractivity contribution in [3.63, 3.8) is 0 Å². The Labute approximate surface area is 200 Å². The van der Waals surface area contributed by atoms with Crippen LogP contribution in [-0.2, 0) is 9.47 Å². The van der Waals surface area contributed by atoms with Crippen LogP contribution in [0.25, 0.3) is 5.65 Å². The maximum Gasteiger partial charge on any atom is 0.342 e. The number of hydrogen-bond donors (Lipinski definition) is 2. The third-order valence-corrected chi connectivity index (χ3v) is 5.87. The standard InChI is InChI=1S/C24H28BrN3O5/c1-4-6-13-32-23(30)17-18(24(31)33-14-7-5-2)21-26-15(3)19(28(21)20(17)25)22(29)27-16-11-9-8-10-12-16/h8-12,26H,4-7,13-14H2,1-3H3,(H,27,29). The van der Waals surface area contributed by atoms with Crippen molar-refractivity contribution in [1.29, 1.82) is 0 Å². The van der Waals surface area contributed by atoms with Crippen LogP contribution in [-0.4, -0.2) is 40.4 Å². The zero-order valence-electron chi connectivity index (χ0n) is 19.0. The molecule has 2 heterocycles. The summed E-state index contributed by atoms with van der Waals surface area (Å²) in [6, 6.07) is 9.03. The van der Waals surface area contributed by atoms with Gasteiger partial charge in [-0.05, 0) is 47.8 Å². The number of rotatable bonds is 10. The van der Waals surface area contributed by atoms with Crippen LogP contribution in [0, 0.1) is 6.92 Å². The molecule has 1 amide bonds. The summed E-state index contributed by atoms with van der Waals surface area (Å²) in [5.41, 5.74) is 1.79. The molecule has 0 unspecified atom stereocenters. The second kappa shape index (κ2) is 11.2. The SMILES string of the molecule is CCCCOC(=O)c1c(C(=O)OCCCC)c2[nH]c(C)c(C(=O)Nc3ccccc3)n2c1Br. The monoisotopic (exact) mass is 517 g/mol. The van der Waals surface area contributed by atoms with E-state index in [0.717, 1.165) is 12.8 Å². The number of esters is 2. The molecular weight excluding hydrogens is 490 g/mol. The molecule has 0 aliphatic heterocycles. The number of unbranched alkanes of at least 4 members (excludes halogenated alkanes) is 2. The van der Waals surface area contributed by atoms with Crippen molar-refractivity contribution in [3.05, 3.63) is 57.4 Å². The molecule has 0 bridgehead atoms. The molecule has 0 atom stereocenters. The smallest absolute Gasteiger partial charge is 0.342 e. The number of amides is 1. The molecule has 0 saturated heterocycles. The molecule has 2 N–H and O–H groups in total. The zero-order chi connectivity index (χ0) is 24.0. The summed E-state index contributed by atoms with van der Waals surface area (Å²) < 4.78 is 12.6. The Morgan fingerprint density at radius 2 is 1.55 bits per heavy atom. The first-order chi connectivity index (χ1) is 15.9. The van der Waals surface area contributed by atoms with Crippen molar-refractivity contribution in [3.8, 4) is 0 Å². The van der Waals surface area contributed by atoms with Gasteiger partial charge in [0.2, 0.25) is 0 Å². The summed E-state index contributed by atoms with van der Waals surface area (Å²) in [6.07, 6.45) is 3.13. The lowest BCUT2D eigenvalue weighted by Crippen LogP contribution is -2.16. The molecule has 8 nitrogen and oxygen atoms in total. The molecule has 1 aromatic carbocycles. The van der Waals surface area contributed by atoms with Gasteiger partial charge in [0.15, 0.2) is 0 Å². The van der Waals surface area contributed by atoms with Crippen molar-refractivity contribution in [2.24, 2.45) is 0 Å². The van der Waals surface area contributed by atoms with Crippen molar-refractivity contribution >= 4 is 45.1 Å². The van der Waals surface area contributed by atoms with E-state index in [0.29, 0.717) is 29.9 Å². The first-order valence-electron chi connectivity index (χ1n) is 11.0. The fourth-order valence-corrected chi connectivity index (χ4v) is 4.12. The second-order valence-corrected chi connectivity index (χ2v) is 8.37. The fraction of sp³-hybridized carbons (Fsp3) is 0.375. The molecule has 3 aromatic rings. The van der Waals surface area contributed by atoms with Crippen molar-refractivity contribution < 1.29 is 23.9 Å². The Balaban J connectivity index is 2.08. The molecule has 0 fully saturated rings. The zero-order valence-corrected chi connectivity index (χ0v) is 20.6. The summed E-state index contributed by atoms with van der Waals surface area (Å²) in [5, 5.41) is 2.84. The highest BCUT2D eigenvalue weighted by Gasteiger charge is 2.33. The van der Waals surface area contributed by atoms with Crippen LogP contribution in [0.15, 0.2) is 34.9 Å². The summed E-state index contributed by atoms with van der Waals surface area (Å²) in [5.74, 6) is -1.69. The van der Waals surface area contributed by atoms with E-state index < -0.39 is 17.8 Å². The van der Waals surface area contributed by atoms with Crippen molar-refractivity contribution in [1.82, 2.24) is 9.38 Å². The predicted octanol–water partition coefficient (Wildman–Crippen LogP) is 5.50. The Kier molecular flexibility index (Phi) is 8.32. The first-order valence-corrected chi connectivity index (χ1v) is 11.8. The molecule has 176 valence electrons. The number of para-hydroxylation sites is 1. The topological polar surface area (TPSA) is 102 Å². The molecular formula is C24H28BrN3O5. The van der Waals surface area contributed by atoms with E-state index in [4.69, 9.17) is 9.47 Å². The van der Waals surface area contributed by atoms with Crippen LogP contribution in [0.5, 0.6) is 0 Å². The van der Waals surface area contributed by atoms with Crippen molar-refractivity contribution in [2.45, 2.75) is 46.5 Å². The number of carbonyl (C=O) groups is 3. The second-order valence-electron chi connectivity index (χ2n) is 7.62. The molecule has 33 heavy (non-hydrogen) atoms. The Morgan fingerprint density at radius 3 is 2.12 bits per heavy atom. The van der Waals surface area contributed by atoms with E-state index >= 15 is 0 Å². The third kappa shape index (κ3) is 5.30. The first kappa shape index (κ1) is 24.6. The lowest BCUT2D eigenvalue weighted by Gasteiger charge is -2.08. The fourth-order valence-electron chi connectivity index (χ4n) is 3.41. The number of nitrogens with one attached hydrogen (secondary N) is 2. The number of hydrogen-bond acceptors (Lipinski definition) is 5. The van der Waals surface area contributed by atoms with E-state index in [2.05, 4.69) is 26.2 Å². The number of aryl methyl sites for hydroxylation is 1. The number of ether oxygens (including phenoxy) is 2. The number of aromatic amines is 1. The van der Waals surface area contributed by atoms with Gasteiger partial charge in [-0.3, -0.25) is 9.20 Å². The van der Waals surface area contributed by atoms with Gasteiger partial charge in [-0.25, -0.2) is 9.59 Å². The van der Waals surface area contributed by atoms with Gasteiger partial charge in [0.05, 0.1) is 13.2 Å². The van der Waals surface area contributed by atoms with Gasteiger partial charge in [-0.2, -0.15) is 0 Å². The Hall–Kier alpha value is -3.07. The molecule has 0 radical (unpaired) electrons. The quantitative estimate of drug-likeness (QED) is 0.273. The molecule has 0 aliphatic rings. The van der Waals surface area contributed by atoms with Crippen LogP contribution in [0.1, 0.15) is 76.4 Å². The van der Waals surface area contributed by atoms with Gasteiger partial charge in [-0.1, -0.05) is 44.9 Å². The van der Waals surface area contributed by atoms with Crippen LogP contribution >= 0.6 is 15.9 Å². The number of nitrogens with zero attached hydrogens (tertiary/aromatic N) is 1. The summed E-state index contributed by atoms with van der Waals surface area (Å²) in [4.78, 5) is 42.2. The van der Waals surface area contributed by atoms with Crippen LogP contribution in [0.3, 0.4) is 0 Å². The molecule has 0 spiro atoms. The Bertz CT molecular complexity index is 1150. The maximum absolute atomic E-state index is 13.1.